The molecule has 1 fully saturated rings. The largest absolute Gasteiger partial charge is 0.299 e. The molecule has 0 heterocycles. The van der Waals surface area contributed by atoms with Gasteiger partial charge in [0.25, 0.3) is 0 Å². The first-order valence-corrected chi connectivity index (χ1v) is 5.49. The van der Waals surface area contributed by atoms with Gasteiger partial charge in [-0.3, -0.25) is 4.90 Å². The lowest BCUT2D eigenvalue weighted by atomic mass is 10.2. The average molecular weight is 180 g/mol. The van der Waals surface area contributed by atoms with Crippen LogP contribution >= 0.6 is 0 Å². The van der Waals surface area contributed by atoms with Crippen LogP contribution in [-0.4, -0.2) is 24.0 Å². The molecule has 74 valence electrons. The van der Waals surface area contributed by atoms with Gasteiger partial charge < -0.3 is 0 Å². The Balaban J connectivity index is 2.10. The summed E-state index contributed by atoms with van der Waals surface area (Å²) >= 11 is 0. The van der Waals surface area contributed by atoms with Crippen molar-refractivity contribution in [1.82, 2.24) is 4.90 Å². The molecule has 1 rings (SSSR count). The highest BCUT2D eigenvalue weighted by Gasteiger charge is 2.27. The summed E-state index contributed by atoms with van der Waals surface area (Å²) in [6.07, 6.45) is 7.34. The van der Waals surface area contributed by atoms with E-state index in [1.54, 1.807) is 0 Å². The van der Waals surface area contributed by atoms with Gasteiger partial charge in [0.2, 0.25) is 0 Å². The third-order valence-electron chi connectivity index (χ3n) is 2.62. The van der Waals surface area contributed by atoms with E-state index in [1.165, 1.54) is 38.6 Å². The zero-order chi connectivity index (χ0) is 9.52. The van der Waals surface area contributed by atoms with Gasteiger partial charge in [0.15, 0.2) is 0 Å². The minimum absolute atomic E-state index is 0.697. The highest BCUT2D eigenvalue weighted by atomic mass is 15.2. The number of hydrogen-bond acceptors (Lipinski definition) is 2. The summed E-state index contributed by atoms with van der Waals surface area (Å²) in [7, 11) is 0. The maximum absolute atomic E-state index is 8.51. The average Bonchev–Trinajstić information content (AvgIpc) is 2.94. The monoisotopic (exact) mass is 180 g/mol. The van der Waals surface area contributed by atoms with Crippen LogP contribution in [0.25, 0.3) is 0 Å². The highest BCUT2D eigenvalue weighted by molar-refractivity contribution is 4.86. The summed E-state index contributed by atoms with van der Waals surface area (Å²) in [6, 6.07) is 3.05. The third-order valence-corrected chi connectivity index (χ3v) is 2.62. The Hall–Kier alpha value is -0.550. The number of rotatable bonds is 7. The Morgan fingerprint density at radius 3 is 2.62 bits per heavy atom. The van der Waals surface area contributed by atoms with Gasteiger partial charge >= 0.3 is 0 Å². The van der Waals surface area contributed by atoms with Crippen LogP contribution in [0.1, 0.15) is 45.4 Å². The molecular weight excluding hydrogens is 160 g/mol. The summed E-state index contributed by atoms with van der Waals surface area (Å²) in [6.45, 7) is 4.43. The minimum Gasteiger partial charge on any atom is -0.299 e. The molecule has 0 aromatic rings. The number of nitriles is 1. The Labute approximate surface area is 81.5 Å². The lowest BCUT2D eigenvalue weighted by Crippen LogP contribution is -2.28. The second kappa shape index (κ2) is 5.99. The van der Waals surface area contributed by atoms with E-state index in [-0.39, 0.29) is 0 Å². The van der Waals surface area contributed by atoms with Crippen molar-refractivity contribution >= 4 is 0 Å². The van der Waals surface area contributed by atoms with Gasteiger partial charge in [0.1, 0.15) is 0 Å². The zero-order valence-corrected chi connectivity index (χ0v) is 8.63. The molecule has 0 aliphatic heterocycles. The Bertz CT molecular complexity index is 167. The lowest BCUT2D eigenvalue weighted by molar-refractivity contribution is 0.263. The number of unbranched alkanes of at least 4 members (excludes halogenated alkanes) is 2. The van der Waals surface area contributed by atoms with Crippen LogP contribution in [0.5, 0.6) is 0 Å². The third kappa shape index (κ3) is 4.28. The first-order chi connectivity index (χ1) is 6.38. The molecule has 0 amide bonds. The van der Waals surface area contributed by atoms with Crippen molar-refractivity contribution in [2.45, 2.75) is 51.5 Å². The summed E-state index contributed by atoms with van der Waals surface area (Å²) in [4.78, 5) is 2.50. The summed E-state index contributed by atoms with van der Waals surface area (Å²) in [5.74, 6) is 0. The fraction of sp³-hybridized carbons (Fsp3) is 0.909. The molecule has 13 heavy (non-hydrogen) atoms. The molecule has 2 heteroatoms. The molecule has 0 saturated heterocycles. The molecular formula is C11H20N2. The van der Waals surface area contributed by atoms with Crippen LogP contribution in [0.15, 0.2) is 0 Å². The van der Waals surface area contributed by atoms with Crippen molar-refractivity contribution in [2.75, 3.05) is 13.1 Å². The number of nitrogens with zero attached hydrogens (tertiary/aromatic N) is 2. The fourth-order valence-corrected chi connectivity index (χ4v) is 1.68. The van der Waals surface area contributed by atoms with E-state index in [1.807, 2.05) is 0 Å². The summed E-state index contributed by atoms with van der Waals surface area (Å²) in [5.41, 5.74) is 0. The SMILES string of the molecule is CCCCCN(CCC#N)C1CC1. The van der Waals surface area contributed by atoms with Gasteiger partial charge in [-0.05, 0) is 25.8 Å². The standard InChI is InChI=1S/C11H20N2/c1-2-3-4-9-13(10-5-8-12)11-6-7-11/h11H,2-7,9-10H2,1H3. The van der Waals surface area contributed by atoms with Crippen LogP contribution in [0.3, 0.4) is 0 Å². The highest BCUT2D eigenvalue weighted by Crippen LogP contribution is 2.27. The Kier molecular flexibility index (Phi) is 4.85. The molecule has 0 N–H and O–H groups in total. The van der Waals surface area contributed by atoms with Gasteiger partial charge in [0.05, 0.1) is 6.07 Å². The maximum atomic E-state index is 8.51. The van der Waals surface area contributed by atoms with Crippen LogP contribution in [0.2, 0.25) is 0 Å². The van der Waals surface area contributed by atoms with Crippen molar-refractivity contribution in [1.29, 1.82) is 5.26 Å². The smallest absolute Gasteiger partial charge is 0.0635 e. The van der Waals surface area contributed by atoms with Crippen LogP contribution < -0.4 is 0 Å². The van der Waals surface area contributed by atoms with E-state index in [9.17, 15) is 0 Å². The minimum atomic E-state index is 0.697. The van der Waals surface area contributed by atoms with Gasteiger partial charge in [-0.2, -0.15) is 5.26 Å². The van der Waals surface area contributed by atoms with Crippen molar-refractivity contribution in [3.63, 3.8) is 0 Å². The van der Waals surface area contributed by atoms with Gasteiger partial charge in [-0.1, -0.05) is 19.8 Å². The van der Waals surface area contributed by atoms with Gasteiger partial charge in [0, 0.05) is 19.0 Å². The van der Waals surface area contributed by atoms with E-state index in [0.717, 1.165) is 12.6 Å². The van der Waals surface area contributed by atoms with Gasteiger partial charge in [-0.25, -0.2) is 0 Å². The molecule has 0 unspecified atom stereocenters. The molecule has 0 atom stereocenters. The fourth-order valence-electron chi connectivity index (χ4n) is 1.68. The normalized spacial score (nSPS) is 16.1. The quantitative estimate of drug-likeness (QED) is 0.563. The molecule has 1 aliphatic carbocycles. The molecule has 0 aromatic heterocycles. The Morgan fingerprint density at radius 2 is 2.08 bits per heavy atom. The van der Waals surface area contributed by atoms with Crippen molar-refractivity contribution in [3.8, 4) is 6.07 Å². The molecule has 2 nitrogen and oxygen atoms in total. The molecule has 0 spiro atoms. The van der Waals surface area contributed by atoms with E-state index in [0.29, 0.717) is 6.42 Å². The molecule has 0 bridgehead atoms. The second-order valence-electron chi connectivity index (χ2n) is 3.88. The second-order valence-corrected chi connectivity index (χ2v) is 3.88. The van der Waals surface area contributed by atoms with E-state index in [4.69, 9.17) is 5.26 Å². The summed E-state index contributed by atoms with van der Waals surface area (Å²) < 4.78 is 0. The van der Waals surface area contributed by atoms with E-state index in [2.05, 4.69) is 17.9 Å². The zero-order valence-electron chi connectivity index (χ0n) is 8.63. The molecule has 1 saturated carbocycles. The maximum Gasteiger partial charge on any atom is 0.0635 e. The molecule has 0 radical (unpaired) electrons. The van der Waals surface area contributed by atoms with Crippen LogP contribution in [0, 0.1) is 11.3 Å². The lowest BCUT2D eigenvalue weighted by Gasteiger charge is -2.20. The first kappa shape index (κ1) is 10.5. The van der Waals surface area contributed by atoms with Crippen molar-refractivity contribution in [3.05, 3.63) is 0 Å². The first-order valence-electron chi connectivity index (χ1n) is 5.49. The van der Waals surface area contributed by atoms with E-state index >= 15 is 0 Å². The number of hydrogen-bond donors (Lipinski definition) is 0. The van der Waals surface area contributed by atoms with Gasteiger partial charge in [-0.15, -0.1) is 0 Å². The summed E-state index contributed by atoms with van der Waals surface area (Å²) in [5, 5.41) is 8.51. The Morgan fingerprint density at radius 1 is 1.31 bits per heavy atom. The molecule has 0 aromatic carbocycles. The predicted molar refractivity (Wildman–Crippen MR) is 54.4 cm³/mol. The van der Waals surface area contributed by atoms with Crippen molar-refractivity contribution < 1.29 is 0 Å². The van der Waals surface area contributed by atoms with Crippen LogP contribution in [-0.2, 0) is 0 Å². The van der Waals surface area contributed by atoms with Crippen LogP contribution in [0.4, 0.5) is 0 Å². The molecule has 1 aliphatic rings. The van der Waals surface area contributed by atoms with E-state index < -0.39 is 0 Å². The van der Waals surface area contributed by atoms with Crippen molar-refractivity contribution in [2.24, 2.45) is 0 Å². The predicted octanol–water partition coefficient (Wildman–Crippen LogP) is 2.55. The topological polar surface area (TPSA) is 27.0 Å².